The minimum Gasteiger partial charge on any atom is -0.490 e. The zero-order chi connectivity index (χ0) is 14.4. The Labute approximate surface area is 123 Å². The van der Waals surface area contributed by atoms with Gasteiger partial charge in [0.2, 0.25) is 5.13 Å². The molecule has 0 radical (unpaired) electrons. The van der Waals surface area contributed by atoms with Crippen molar-refractivity contribution < 1.29 is 4.74 Å². The Balaban J connectivity index is 2.04. The van der Waals surface area contributed by atoms with E-state index in [-0.39, 0.29) is 6.10 Å². The molecule has 1 atom stereocenters. The maximum atomic E-state index is 5.87. The molecular weight excluding hydrogens is 270 g/mol. The highest BCUT2D eigenvalue weighted by atomic mass is 32.1. The molecule has 0 aliphatic rings. The number of aromatic nitrogens is 1. The van der Waals surface area contributed by atoms with Crippen molar-refractivity contribution in [3.05, 3.63) is 40.9 Å². The van der Waals surface area contributed by atoms with Crippen LogP contribution in [0.1, 0.15) is 31.5 Å². The topological polar surface area (TPSA) is 46.5 Å². The maximum Gasteiger partial charge on any atom is 0.203 e. The second kappa shape index (κ2) is 7.05. The van der Waals surface area contributed by atoms with E-state index in [1.165, 1.54) is 11.3 Å². The number of rotatable bonds is 6. The largest absolute Gasteiger partial charge is 0.490 e. The van der Waals surface area contributed by atoms with Crippen LogP contribution < -0.4 is 10.2 Å². The molecule has 4 nitrogen and oxygen atoms in total. The number of hydrazone groups is 1. The molecule has 0 aliphatic carbocycles. The summed E-state index contributed by atoms with van der Waals surface area (Å²) in [6.07, 6.45) is 2.93. The first-order valence-corrected chi connectivity index (χ1v) is 7.54. The Morgan fingerprint density at radius 2 is 2.25 bits per heavy atom. The van der Waals surface area contributed by atoms with Gasteiger partial charge in [-0.2, -0.15) is 5.10 Å². The van der Waals surface area contributed by atoms with E-state index in [4.69, 9.17) is 4.74 Å². The SMILES string of the molecule is CCC(C)Oc1ccccc1C=NNc1nc(C)cs1. The van der Waals surface area contributed by atoms with Crippen molar-refractivity contribution in [1.82, 2.24) is 4.98 Å². The third-order valence-electron chi connectivity index (χ3n) is 2.80. The average molecular weight is 289 g/mol. The molecular formula is C15H19N3OS. The summed E-state index contributed by atoms with van der Waals surface area (Å²) in [6.45, 7) is 6.12. The van der Waals surface area contributed by atoms with Crippen LogP contribution in [0.3, 0.4) is 0 Å². The highest BCUT2D eigenvalue weighted by Gasteiger charge is 2.04. The Kier molecular flexibility index (Phi) is 5.12. The van der Waals surface area contributed by atoms with Crippen LogP contribution in [-0.4, -0.2) is 17.3 Å². The normalized spacial score (nSPS) is 12.6. The van der Waals surface area contributed by atoms with Crippen molar-refractivity contribution in [3.63, 3.8) is 0 Å². The third-order valence-corrected chi connectivity index (χ3v) is 3.67. The van der Waals surface area contributed by atoms with Crippen molar-refractivity contribution in [1.29, 1.82) is 0 Å². The molecule has 106 valence electrons. The Morgan fingerprint density at radius 1 is 1.45 bits per heavy atom. The van der Waals surface area contributed by atoms with E-state index in [0.717, 1.165) is 28.6 Å². The van der Waals surface area contributed by atoms with Gasteiger partial charge in [0, 0.05) is 10.9 Å². The van der Waals surface area contributed by atoms with Crippen molar-refractivity contribution in [2.24, 2.45) is 5.10 Å². The molecule has 20 heavy (non-hydrogen) atoms. The molecule has 0 saturated heterocycles. The van der Waals surface area contributed by atoms with E-state index in [1.54, 1.807) is 6.21 Å². The van der Waals surface area contributed by atoms with Crippen LogP contribution in [0.2, 0.25) is 0 Å². The molecule has 0 aliphatic heterocycles. The molecule has 0 bridgehead atoms. The summed E-state index contributed by atoms with van der Waals surface area (Å²) in [5.74, 6) is 0.850. The predicted molar refractivity (Wildman–Crippen MR) is 84.9 cm³/mol. The second-order valence-electron chi connectivity index (χ2n) is 4.54. The van der Waals surface area contributed by atoms with Gasteiger partial charge in [0.25, 0.3) is 0 Å². The lowest BCUT2D eigenvalue weighted by molar-refractivity contribution is 0.217. The summed E-state index contributed by atoms with van der Waals surface area (Å²) in [4.78, 5) is 4.29. The summed E-state index contributed by atoms with van der Waals surface area (Å²) < 4.78 is 5.87. The predicted octanol–water partition coefficient (Wildman–Crippen LogP) is 4.07. The van der Waals surface area contributed by atoms with Gasteiger partial charge in [0.05, 0.1) is 18.0 Å². The highest BCUT2D eigenvalue weighted by Crippen LogP contribution is 2.19. The van der Waals surface area contributed by atoms with Crippen molar-refractivity contribution in [3.8, 4) is 5.75 Å². The molecule has 1 unspecified atom stereocenters. The smallest absolute Gasteiger partial charge is 0.203 e. The van der Waals surface area contributed by atoms with E-state index < -0.39 is 0 Å². The first-order chi connectivity index (χ1) is 9.69. The number of hydrogen-bond donors (Lipinski definition) is 1. The van der Waals surface area contributed by atoms with Crippen molar-refractivity contribution in [2.75, 3.05) is 5.43 Å². The molecule has 0 amide bonds. The number of ether oxygens (including phenoxy) is 1. The summed E-state index contributed by atoms with van der Waals surface area (Å²) in [5, 5.41) is 6.99. The lowest BCUT2D eigenvalue weighted by atomic mass is 10.2. The number of nitrogens with one attached hydrogen (secondary N) is 1. The minimum atomic E-state index is 0.194. The van der Waals surface area contributed by atoms with Crippen molar-refractivity contribution in [2.45, 2.75) is 33.3 Å². The fraction of sp³-hybridized carbons (Fsp3) is 0.333. The number of aryl methyl sites for hydroxylation is 1. The first kappa shape index (κ1) is 14.5. The van der Waals surface area contributed by atoms with E-state index >= 15 is 0 Å². The van der Waals surface area contributed by atoms with Crippen LogP contribution in [0.15, 0.2) is 34.7 Å². The second-order valence-corrected chi connectivity index (χ2v) is 5.40. The van der Waals surface area contributed by atoms with E-state index in [0.29, 0.717) is 0 Å². The molecule has 0 saturated carbocycles. The van der Waals surface area contributed by atoms with Gasteiger partial charge >= 0.3 is 0 Å². The number of nitrogens with zero attached hydrogens (tertiary/aromatic N) is 2. The number of benzene rings is 1. The zero-order valence-electron chi connectivity index (χ0n) is 12.0. The summed E-state index contributed by atoms with van der Waals surface area (Å²) >= 11 is 1.54. The minimum absolute atomic E-state index is 0.194. The van der Waals surface area contributed by atoms with Crippen LogP contribution in [0.5, 0.6) is 5.75 Å². The van der Waals surface area contributed by atoms with Crippen LogP contribution in [0.4, 0.5) is 5.13 Å². The quantitative estimate of drug-likeness (QED) is 0.644. The van der Waals surface area contributed by atoms with Crippen LogP contribution >= 0.6 is 11.3 Å². The summed E-state index contributed by atoms with van der Waals surface area (Å²) in [6, 6.07) is 7.88. The maximum absolute atomic E-state index is 5.87. The molecule has 1 N–H and O–H groups in total. The average Bonchev–Trinajstić information content (AvgIpc) is 2.86. The molecule has 2 rings (SSSR count). The van der Waals surface area contributed by atoms with Gasteiger partial charge < -0.3 is 4.74 Å². The number of thiazole rings is 1. The van der Waals surface area contributed by atoms with Gasteiger partial charge in [-0.1, -0.05) is 19.1 Å². The number of hydrogen-bond acceptors (Lipinski definition) is 5. The highest BCUT2D eigenvalue weighted by molar-refractivity contribution is 7.13. The van der Waals surface area contributed by atoms with Gasteiger partial charge in [-0.15, -0.1) is 11.3 Å². The Morgan fingerprint density at radius 3 is 2.95 bits per heavy atom. The van der Waals surface area contributed by atoms with Gasteiger partial charge in [0.15, 0.2) is 0 Å². The van der Waals surface area contributed by atoms with Crippen molar-refractivity contribution >= 4 is 22.7 Å². The lowest BCUT2D eigenvalue weighted by Crippen LogP contribution is -2.11. The molecule has 2 aromatic rings. The monoisotopic (exact) mass is 289 g/mol. The van der Waals surface area contributed by atoms with Crippen LogP contribution in [-0.2, 0) is 0 Å². The standard InChI is InChI=1S/C15H19N3OS/c1-4-12(3)19-14-8-6-5-7-13(14)9-16-18-15-17-11(2)10-20-15/h5-10,12H,4H2,1-3H3,(H,17,18). The molecule has 0 fully saturated rings. The lowest BCUT2D eigenvalue weighted by Gasteiger charge is -2.14. The molecule has 0 spiro atoms. The fourth-order valence-electron chi connectivity index (χ4n) is 1.56. The molecule has 1 aromatic carbocycles. The van der Waals surface area contributed by atoms with Crippen LogP contribution in [0, 0.1) is 6.92 Å². The van der Waals surface area contributed by atoms with Gasteiger partial charge in [-0.05, 0) is 32.4 Å². The summed E-state index contributed by atoms with van der Waals surface area (Å²) in [5.41, 5.74) is 4.88. The number of para-hydroxylation sites is 1. The van der Waals surface area contributed by atoms with E-state index in [2.05, 4.69) is 29.4 Å². The van der Waals surface area contributed by atoms with Crippen LogP contribution in [0.25, 0.3) is 0 Å². The molecule has 1 heterocycles. The van der Waals surface area contributed by atoms with Gasteiger partial charge in [-0.3, -0.25) is 5.43 Å². The molecule has 5 heteroatoms. The van der Waals surface area contributed by atoms with Gasteiger partial charge in [0.1, 0.15) is 5.75 Å². The molecule has 1 aromatic heterocycles. The van der Waals surface area contributed by atoms with E-state index in [9.17, 15) is 0 Å². The zero-order valence-corrected chi connectivity index (χ0v) is 12.8. The fourth-order valence-corrected chi connectivity index (χ4v) is 2.19. The third kappa shape index (κ3) is 4.06. The summed E-state index contributed by atoms with van der Waals surface area (Å²) in [7, 11) is 0. The Bertz CT molecular complexity index is 580. The van der Waals surface area contributed by atoms with E-state index in [1.807, 2.05) is 36.6 Å². The van der Waals surface area contributed by atoms with Gasteiger partial charge in [-0.25, -0.2) is 4.98 Å². The Hall–Kier alpha value is -1.88. The number of anilines is 1. The first-order valence-electron chi connectivity index (χ1n) is 6.66.